The lowest BCUT2D eigenvalue weighted by atomic mass is 9.63. The van der Waals surface area contributed by atoms with E-state index >= 15 is 0 Å². The van der Waals surface area contributed by atoms with E-state index in [9.17, 15) is 0 Å². The number of fused-ring (bicyclic) bond motifs is 8. The van der Waals surface area contributed by atoms with Crippen LogP contribution >= 0.6 is 11.3 Å². The summed E-state index contributed by atoms with van der Waals surface area (Å²) >= 11 is 1.88. The molecule has 0 amide bonds. The predicted molar refractivity (Wildman–Crippen MR) is 268 cm³/mol. The largest absolute Gasteiger partial charge is 0.310 e. The van der Waals surface area contributed by atoms with Gasteiger partial charge in [-0.25, -0.2) is 0 Å². The van der Waals surface area contributed by atoms with E-state index in [0.717, 1.165) is 17.1 Å². The van der Waals surface area contributed by atoms with Crippen LogP contribution in [0.1, 0.15) is 22.3 Å². The van der Waals surface area contributed by atoms with Crippen molar-refractivity contribution in [3.05, 3.63) is 271 Å². The first-order valence-corrected chi connectivity index (χ1v) is 22.5. The van der Waals surface area contributed by atoms with Gasteiger partial charge in [0.25, 0.3) is 0 Å². The third kappa shape index (κ3) is 6.06. The lowest BCUT2D eigenvalue weighted by Crippen LogP contribution is -2.32. The first-order valence-electron chi connectivity index (χ1n) is 21.7. The number of anilines is 3. The Kier molecular flexibility index (Phi) is 8.98. The van der Waals surface area contributed by atoms with Crippen LogP contribution in [0.3, 0.4) is 0 Å². The van der Waals surface area contributed by atoms with Gasteiger partial charge in [-0.2, -0.15) is 0 Å². The molecule has 0 bridgehead atoms. The quantitative estimate of drug-likeness (QED) is 0.155. The van der Waals surface area contributed by atoms with E-state index in [2.05, 4.69) is 254 Å². The molecule has 63 heavy (non-hydrogen) atoms. The highest BCUT2D eigenvalue weighted by Crippen LogP contribution is 2.55. The van der Waals surface area contributed by atoms with E-state index in [1.807, 2.05) is 11.3 Å². The predicted octanol–water partition coefficient (Wildman–Crippen LogP) is 16.9. The Morgan fingerprint density at radius 1 is 0.302 bits per heavy atom. The van der Waals surface area contributed by atoms with Crippen molar-refractivity contribution in [2.24, 2.45) is 0 Å². The number of hydrogen-bond donors (Lipinski definition) is 0. The molecule has 1 heterocycles. The molecule has 11 aromatic rings. The van der Waals surface area contributed by atoms with Crippen LogP contribution in [0.4, 0.5) is 17.1 Å². The zero-order valence-electron chi connectivity index (χ0n) is 34.5. The summed E-state index contributed by atoms with van der Waals surface area (Å²) in [4.78, 5) is 2.44. The molecule has 1 nitrogen and oxygen atoms in total. The van der Waals surface area contributed by atoms with E-state index in [0.29, 0.717) is 0 Å². The van der Waals surface area contributed by atoms with Gasteiger partial charge in [0, 0.05) is 37.2 Å². The van der Waals surface area contributed by atoms with Gasteiger partial charge >= 0.3 is 0 Å². The molecule has 0 N–H and O–H groups in total. The molecule has 1 aromatic heterocycles. The molecule has 0 fully saturated rings. The summed E-state index contributed by atoms with van der Waals surface area (Å²) < 4.78 is 2.62. The molecule has 2 heteroatoms. The van der Waals surface area contributed by atoms with Crippen LogP contribution in [-0.2, 0) is 5.41 Å². The molecule has 0 radical (unpaired) electrons. The molecular weight excluding hydrogens is 779 g/mol. The SMILES string of the molecule is c1ccc(-c2ccc(N(c3cccc(-c4cccc5c4sc4ccccc45)c3)c3cccc(C4(c5ccccc5)c5ccccc5-c5ccccc5-c5ccccc54)c3)cc2)cc1. The van der Waals surface area contributed by atoms with Gasteiger partial charge in [-0.3, -0.25) is 0 Å². The summed E-state index contributed by atoms with van der Waals surface area (Å²) in [6.45, 7) is 0. The molecule has 0 unspecified atom stereocenters. The molecular formula is C61H41NS. The molecule has 0 spiro atoms. The summed E-state index contributed by atoms with van der Waals surface area (Å²) in [6.07, 6.45) is 0. The molecule has 0 aliphatic heterocycles. The van der Waals surface area contributed by atoms with Crippen molar-refractivity contribution in [1.29, 1.82) is 0 Å². The van der Waals surface area contributed by atoms with Crippen molar-refractivity contribution in [3.8, 4) is 44.5 Å². The molecule has 0 atom stereocenters. The van der Waals surface area contributed by atoms with Gasteiger partial charge in [-0.15, -0.1) is 11.3 Å². The molecule has 10 aromatic carbocycles. The van der Waals surface area contributed by atoms with Crippen LogP contribution in [0, 0.1) is 0 Å². The van der Waals surface area contributed by atoms with Gasteiger partial charge in [0.1, 0.15) is 0 Å². The van der Waals surface area contributed by atoms with Gasteiger partial charge in [0.15, 0.2) is 0 Å². The average Bonchev–Trinajstić information content (AvgIpc) is 3.70. The number of hydrogen-bond acceptors (Lipinski definition) is 2. The van der Waals surface area contributed by atoms with Crippen LogP contribution in [0.15, 0.2) is 249 Å². The monoisotopic (exact) mass is 819 g/mol. The molecule has 12 rings (SSSR count). The van der Waals surface area contributed by atoms with Gasteiger partial charge in [-0.1, -0.05) is 206 Å². The second kappa shape index (κ2) is 15.3. The standard InChI is InChI=1S/C61H41NS/c1-3-18-42(19-4-1)43-36-38-47(39-37-43)62(48-24-15-20-44(40-48)50-31-17-32-56-55-30-11-14-35-59(55)63-60(50)56)49-25-16-23-46(41-49)61(45-21-5-2-6-22-45)57-33-12-9-28-53(57)51-26-7-8-27-52(51)54-29-10-13-34-58(54)61/h1-41H. The smallest absolute Gasteiger partial charge is 0.0714 e. The number of nitrogens with zero attached hydrogens (tertiary/aromatic N) is 1. The Balaban J connectivity index is 1.10. The Morgan fingerprint density at radius 2 is 0.794 bits per heavy atom. The van der Waals surface area contributed by atoms with E-state index in [1.54, 1.807) is 0 Å². The Hall–Kier alpha value is -7.78. The van der Waals surface area contributed by atoms with Crippen LogP contribution in [0.2, 0.25) is 0 Å². The summed E-state index contributed by atoms with van der Waals surface area (Å²) in [5.41, 5.74) is 17.4. The summed E-state index contributed by atoms with van der Waals surface area (Å²) in [6, 6.07) is 91.8. The maximum Gasteiger partial charge on any atom is 0.0714 e. The normalized spacial score (nSPS) is 12.6. The summed E-state index contributed by atoms with van der Waals surface area (Å²) in [5, 5.41) is 2.61. The van der Waals surface area contributed by atoms with E-state index in [4.69, 9.17) is 0 Å². The summed E-state index contributed by atoms with van der Waals surface area (Å²) in [7, 11) is 0. The number of thiophene rings is 1. The third-order valence-corrected chi connectivity index (χ3v) is 14.2. The lowest BCUT2D eigenvalue weighted by Gasteiger charge is -2.39. The average molecular weight is 820 g/mol. The Labute approximate surface area is 372 Å². The highest BCUT2D eigenvalue weighted by atomic mass is 32.1. The van der Waals surface area contributed by atoms with Crippen LogP contribution in [0.5, 0.6) is 0 Å². The van der Waals surface area contributed by atoms with Gasteiger partial charge < -0.3 is 4.90 Å². The molecule has 296 valence electrons. The zero-order chi connectivity index (χ0) is 41.7. The van der Waals surface area contributed by atoms with E-state index in [-0.39, 0.29) is 0 Å². The lowest BCUT2D eigenvalue weighted by molar-refractivity contribution is 0.751. The fraction of sp³-hybridized carbons (Fsp3) is 0.0164. The zero-order valence-corrected chi connectivity index (χ0v) is 35.3. The highest BCUT2D eigenvalue weighted by molar-refractivity contribution is 7.26. The maximum atomic E-state index is 2.45. The minimum Gasteiger partial charge on any atom is -0.310 e. The fourth-order valence-electron chi connectivity index (χ4n) is 10.2. The van der Waals surface area contributed by atoms with Gasteiger partial charge in [0.05, 0.1) is 5.41 Å². The van der Waals surface area contributed by atoms with E-state index < -0.39 is 5.41 Å². The Morgan fingerprint density at radius 3 is 1.51 bits per heavy atom. The topological polar surface area (TPSA) is 3.24 Å². The van der Waals surface area contributed by atoms with Gasteiger partial charge in [-0.05, 0) is 109 Å². The molecule has 1 aliphatic carbocycles. The second-order valence-electron chi connectivity index (χ2n) is 16.4. The first kappa shape index (κ1) is 37.0. The second-order valence-corrected chi connectivity index (χ2v) is 17.4. The van der Waals surface area contributed by atoms with Crippen molar-refractivity contribution >= 4 is 48.6 Å². The Bertz CT molecular complexity index is 3390. The van der Waals surface area contributed by atoms with Crippen molar-refractivity contribution in [2.75, 3.05) is 4.90 Å². The van der Waals surface area contributed by atoms with Crippen molar-refractivity contribution in [3.63, 3.8) is 0 Å². The van der Waals surface area contributed by atoms with E-state index in [1.165, 1.54) is 86.9 Å². The number of rotatable bonds is 7. The van der Waals surface area contributed by atoms with Crippen LogP contribution in [-0.4, -0.2) is 0 Å². The third-order valence-electron chi connectivity index (χ3n) is 13.0. The van der Waals surface area contributed by atoms with Crippen molar-refractivity contribution in [2.45, 2.75) is 5.41 Å². The summed E-state index contributed by atoms with van der Waals surface area (Å²) in [5.74, 6) is 0. The van der Waals surface area contributed by atoms with Crippen LogP contribution < -0.4 is 4.90 Å². The first-order chi connectivity index (χ1) is 31.3. The molecule has 0 saturated heterocycles. The minimum atomic E-state index is -0.648. The molecule has 0 saturated carbocycles. The maximum absolute atomic E-state index is 2.45. The molecule has 1 aliphatic rings. The number of benzene rings is 10. The van der Waals surface area contributed by atoms with Gasteiger partial charge in [0.2, 0.25) is 0 Å². The highest BCUT2D eigenvalue weighted by Gasteiger charge is 2.44. The fourth-order valence-corrected chi connectivity index (χ4v) is 11.4. The van der Waals surface area contributed by atoms with Crippen molar-refractivity contribution < 1.29 is 0 Å². The van der Waals surface area contributed by atoms with Crippen molar-refractivity contribution in [1.82, 2.24) is 0 Å². The minimum absolute atomic E-state index is 0.648. The van der Waals surface area contributed by atoms with Crippen LogP contribution in [0.25, 0.3) is 64.7 Å².